The van der Waals surface area contributed by atoms with Crippen LogP contribution in [-0.4, -0.2) is 70.5 Å². The van der Waals surface area contributed by atoms with Crippen LogP contribution in [0.5, 0.6) is 0 Å². The molecule has 3 fully saturated rings. The molecule has 3 aliphatic rings. The summed E-state index contributed by atoms with van der Waals surface area (Å²) in [6.07, 6.45) is 0.106. The molecule has 3 heterocycles. The van der Waals surface area contributed by atoms with Crippen LogP contribution in [0.4, 0.5) is 4.39 Å². The predicted molar refractivity (Wildman–Crippen MR) is 112 cm³/mol. The van der Waals surface area contributed by atoms with Gasteiger partial charge in [-0.25, -0.2) is 4.39 Å². The number of rotatable bonds is 3. The first-order valence-corrected chi connectivity index (χ1v) is 10.5. The summed E-state index contributed by atoms with van der Waals surface area (Å²) < 4.78 is 13.5. The van der Waals surface area contributed by atoms with Gasteiger partial charge in [0.2, 0.25) is 17.7 Å². The summed E-state index contributed by atoms with van der Waals surface area (Å²) in [7, 11) is 3.06. The Morgan fingerprint density at radius 1 is 1.00 bits per heavy atom. The SMILES string of the molecule is CN1CC2C3C(=O)N(C)C(=O)C3[C@](Cc3ccccc3)(C1=O)N2C(=O)c1ccc(F)cc1. The molecular weight excluding hydrogens is 413 g/mol. The molecule has 4 amide bonds. The molecule has 0 spiro atoms. The second kappa shape index (κ2) is 6.98. The van der Waals surface area contributed by atoms with E-state index in [1.165, 1.54) is 41.1 Å². The lowest BCUT2D eigenvalue weighted by atomic mass is 9.75. The Bertz CT molecular complexity index is 1140. The molecule has 0 saturated carbocycles. The van der Waals surface area contributed by atoms with Crippen molar-refractivity contribution in [3.63, 3.8) is 0 Å². The molecule has 2 aromatic carbocycles. The van der Waals surface area contributed by atoms with Gasteiger partial charge in [-0.3, -0.25) is 24.1 Å². The van der Waals surface area contributed by atoms with Gasteiger partial charge in [0, 0.05) is 32.6 Å². The Morgan fingerprint density at radius 3 is 2.31 bits per heavy atom. The highest BCUT2D eigenvalue weighted by Crippen LogP contribution is 2.53. The minimum atomic E-state index is -1.54. The van der Waals surface area contributed by atoms with Crippen LogP contribution in [0.25, 0.3) is 0 Å². The molecule has 8 heteroatoms. The number of carbonyl (C=O) groups excluding carboxylic acids is 4. The Hall–Kier alpha value is -3.55. The summed E-state index contributed by atoms with van der Waals surface area (Å²) in [6.45, 7) is 0.149. The molecule has 0 radical (unpaired) electrons. The van der Waals surface area contributed by atoms with Crippen molar-refractivity contribution in [2.24, 2.45) is 11.8 Å². The second-order valence-electron chi connectivity index (χ2n) is 8.76. The van der Waals surface area contributed by atoms with E-state index in [4.69, 9.17) is 0 Å². The molecule has 7 nitrogen and oxygen atoms in total. The summed E-state index contributed by atoms with van der Waals surface area (Å²) in [5.41, 5.74) is -0.547. The number of imide groups is 1. The van der Waals surface area contributed by atoms with Crippen LogP contribution >= 0.6 is 0 Å². The summed E-state index contributed by atoms with van der Waals surface area (Å²) >= 11 is 0. The number of fused-ring (bicyclic) bond motifs is 5. The molecule has 0 aliphatic carbocycles. The summed E-state index contributed by atoms with van der Waals surface area (Å²) in [5, 5.41) is 0. The highest BCUT2D eigenvalue weighted by Gasteiger charge is 2.74. The number of likely N-dealkylation sites (tertiary alicyclic amines) is 2. The fourth-order valence-corrected chi connectivity index (χ4v) is 5.70. The Morgan fingerprint density at radius 2 is 1.66 bits per heavy atom. The van der Waals surface area contributed by atoms with Crippen LogP contribution in [0.2, 0.25) is 0 Å². The second-order valence-corrected chi connectivity index (χ2v) is 8.76. The molecule has 3 unspecified atom stereocenters. The molecule has 3 aliphatic heterocycles. The molecule has 0 aromatic heterocycles. The van der Waals surface area contributed by atoms with Crippen molar-refractivity contribution >= 4 is 23.6 Å². The zero-order valence-electron chi connectivity index (χ0n) is 17.7. The van der Waals surface area contributed by atoms with E-state index in [1.807, 2.05) is 30.3 Å². The largest absolute Gasteiger partial charge is 0.342 e. The molecule has 3 saturated heterocycles. The molecule has 5 rings (SSSR count). The van der Waals surface area contributed by atoms with Crippen molar-refractivity contribution in [3.8, 4) is 0 Å². The number of amides is 4. The smallest absolute Gasteiger partial charge is 0.255 e. The van der Waals surface area contributed by atoms with Gasteiger partial charge in [0.25, 0.3) is 5.91 Å². The van der Waals surface area contributed by atoms with Gasteiger partial charge < -0.3 is 9.80 Å². The first kappa shape index (κ1) is 20.4. The number of nitrogens with zero attached hydrogens (tertiary/aromatic N) is 3. The fraction of sp³-hybridized carbons (Fsp3) is 0.333. The molecular formula is C24H22FN3O4. The van der Waals surface area contributed by atoms with E-state index in [1.54, 1.807) is 7.05 Å². The molecule has 2 aromatic rings. The van der Waals surface area contributed by atoms with Gasteiger partial charge in [-0.2, -0.15) is 0 Å². The van der Waals surface area contributed by atoms with Crippen LogP contribution in [0, 0.1) is 17.7 Å². The van der Waals surface area contributed by atoms with Gasteiger partial charge >= 0.3 is 0 Å². The first-order chi connectivity index (χ1) is 15.3. The quantitative estimate of drug-likeness (QED) is 0.682. The molecule has 4 atom stereocenters. The van der Waals surface area contributed by atoms with Gasteiger partial charge in [0.1, 0.15) is 11.4 Å². The van der Waals surface area contributed by atoms with Crippen molar-refractivity contribution in [3.05, 3.63) is 71.5 Å². The predicted octanol–water partition coefficient (Wildman–Crippen LogP) is 1.33. The lowest BCUT2D eigenvalue weighted by Crippen LogP contribution is -2.69. The monoisotopic (exact) mass is 435 g/mol. The normalized spacial score (nSPS) is 29.0. The van der Waals surface area contributed by atoms with Crippen LogP contribution in [0.1, 0.15) is 15.9 Å². The van der Waals surface area contributed by atoms with Gasteiger partial charge in [-0.1, -0.05) is 30.3 Å². The third-order valence-electron chi connectivity index (χ3n) is 7.07. The number of likely N-dealkylation sites (N-methyl/N-ethyl adjacent to an activating group) is 1. The molecule has 2 bridgehead atoms. The van der Waals surface area contributed by atoms with E-state index in [-0.39, 0.29) is 30.3 Å². The van der Waals surface area contributed by atoms with Gasteiger partial charge in [0.05, 0.1) is 17.9 Å². The van der Waals surface area contributed by atoms with Gasteiger partial charge in [0.15, 0.2) is 0 Å². The number of hydrogen-bond donors (Lipinski definition) is 0. The van der Waals surface area contributed by atoms with Crippen molar-refractivity contribution in [1.29, 1.82) is 0 Å². The Labute approximate surface area is 184 Å². The highest BCUT2D eigenvalue weighted by atomic mass is 19.1. The molecule has 0 N–H and O–H groups in total. The number of halogens is 1. The maximum absolute atomic E-state index is 13.8. The highest BCUT2D eigenvalue weighted by molar-refractivity contribution is 6.13. The standard InChI is InChI=1S/C24H22FN3O4/c1-26-13-17-18-19(22(31)27(2)21(18)30)24(23(26)32,12-14-6-4-3-5-7-14)28(17)20(29)15-8-10-16(25)11-9-15/h3-11,17-19H,12-13H2,1-2H3/t17?,18?,19?,24-/m1/s1. The summed E-state index contributed by atoms with van der Waals surface area (Å²) in [4.78, 5) is 58.0. The van der Waals surface area contributed by atoms with Gasteiger partial charge in [-0.15, -0.1) is 0 Å². The number of piperazine rings is 1. The lowest BCUT2D eigenvalue weighted by Gasteiger charge is -2.48. The molecule has 32 heavy (non-hydrogen) atoms. The van der Waals surface area contributed by atoms with Crippen LogP contribution < -0.4 is 0 Å². The van der Waals surface area contributed by atoms with E-state index in [9.17, 15) is 23.6 Å². The van der Waals surface area contributed by atoms with Crippen LogP contribution in [0.3, 0.4) is 0 Å². The number of carbonyl (C=O) groups is 4. The van der Waals surface area contributed by atoms with E-state index >= 15 is 0 Å². The Balaban J connectivity index is 1.72. The zero-order valence-corrected chi connectivity index (χ0v) is 17.7. The first-order valence-electron chi connectivity index (χ1n) is 10.5. The Kier molecular flexibility index (Phi) is 4.44. The fourth-order valence-electron chi connectivity index (χ4n) is 5.70. The van der Waals surface area contributed by atoms with Crippen LogP contribution in [-0.2, 0) is 20.8 Å². The van der Waals surface area contributed by atoms with Crippen molar-refractivity contribution in [1.82, 2.24) is 14.7 Å². The van der Waals surface area contributed by atoms with Crippen molar-refractivity contribution in [2.75, 3.05) is 20.6 Å². The average molecular weight is 435 g/mol. The van der Waals surface area contributed by atoms with E-state index in [0.29, 0.717) is 0 Å². The van der Waals surface area contributed by atoms with Crippen molar-refractivity contribution in [2.45, 2.75) is 18.0 Å². The minimum absolute atomic E-state index is 0.106. The average Bonchev–Trinajstić information content (AvgIpc) is 3.16. The maximum Gasteiger partial charge on any atom is 0.255 e. The summed E-state index contributed by atoms with van der Waals surface area (Å²) in [6, 6.07) is 13.6. The third kappa shape index (κ3) is 2.58. The maximum atomic E-state index is 13.8. The third-order valence-corrected chi connectivity index (χ3v) is 7.07. The van der Waals surface area contributed by atoms with E-state index in [0.717, 1.165) is 10.5 Å². The number of benzene rings is 2. The van der Waals surface area contributed by atoms with E-state index in [2.05, 4.69) is 0 Å². The number of hydrogen-bond acceptors (Lipinski definition) is 4. The topological polar surface area (TPSA) is 78.0 Å². The van der Waals surface area contributed by atoms with Crippen LogP contribution in [0.15, 0.2) is 54.6 Å². The van der Waals surface area contributed by atoms with Crippen molar-refractivity contribution < 1.29 is 23.6 Å². The molecule has 164 valence electrons. The summed E-state index contributed by atoms with van der Waals surface area (Å²) in [5.74, 6) is -3.91. The minimum Gasteiger partial charge on any atom is -0.342 e. The zero-order chi connectivity index (χ0) is 22.8. The lowest BCUT2D eigenvalue weighted by molar-refractivity contribution is -0.154. The van der Waals surface area contributed by atoms with E-state index < -0.39 is 41.0 Å². The van der Waals surface area contributed by atoms with Gasteiger partial charge in [-0.05, 0) is 29.8 Å².